The molecule has 13 heavy (non-hydrogen) atoms. The molecule has 0 aromatic carbocycles. The molecule has 0 saturated heterocycles. The second-order valence-electron chi connectivity index (χ2n) is 2.74. The number of aliphatic hydroxyl groups is 1. The Bertz CT molecular complexity index is 213. The summed E-state index contributed by atoms with van der Waals surface area (Å²) in [5, 5.41) is 16.4. The van der Waals surface area contributed by atoms with E-state index in [0.717, 1.165) is 12.1 Å². The predicted molar refractivity (Wildman–Crippen MR) is 54.0 cm³/mol. The monoisotopic (exact) mass is 201 g/mol. The van der Waals surface area contributed by atoms with Gasteiger partial charge in [-0.1, -0.05) is 0 Å². The first-order valence-corrected chi connectivity index (χ1v) is 5.18. The van der Waals surface area contributed by atoms with E-state index in [0.29, 0.717) is 6.61 Å². The normalized spacial score (nSPS) is 13.1. The van der Waals surface area contributed by atoms with Crippen LogP contribution < -0.4 is 5.32 Å². The van der Waals surface area contributed by atoms with Crippen molar-refractivity contribution in [1.82, 2.24) is 5.32 Å². The maximum Gasteiger partial charge on any atom is 0.0626 e. The summed E-state index contributed by atoms with van der Waals surface area (Å²) in [5.74, 6) is 0. The molecule has 1 unspecified atom stereocenters. The predicted octanol–water partition coefficient (Wildman–Crippen LogP) is 1.02. The van der Waals surface area contributed by atoms with Gasteiger partial charge in [-0.25, -0.2) is 0 Å². The zero-order valence-electron chi connectivity index (χ0n) is 7.69. The Morgan fingerprint density at radius 3 is 3.08 bits per heavy atom. The summed E-state index contributed by atoms with van der Waals surface area (Å²) in [6.45, 7) is 1.55. The molecule has 0 aliphatic rings. The van der Waals surface area contributed by atoms with Crippen molar-refractivity contribution in [3.63, 3.8) is 0 Å². The fraction of sp³-hybridized carbons (Fsp3) is 0.556. The van der Waals surface area contributed by atoms with Crippen LogP contribution in [0.25, 0.3) is 0 Å². The first kappa shape index (κ1) is 10.7. The number of ether oxygens (including phenoxy) is 1. The molecule has 1 aromatic heterocycles. The van der Waals surface area contributed by atoms with Crippen LogP contribution in [0.5, 0.6) is 0 Å². The second-order valence-corrected chi connectivity index (χ2v) is 3.52. The van der Waals surface area contributed by atoms with Crippen LogP contribution in [0.15, 0.2) is 16.8 Å². The van der Waals surface area contributed by atoms with Gasteiger partial charge in [0.05, 0.1) is 19.3 Å². The number of hydrogen-bond donors (Lipinski definition) is 2. The lowest BCUT2D eigenvalue weighted by Gasteiger charge is -2.14. The zero-order chi connectivity index (χ0) is 9.52. The van der Waals surface area contributed by atoms with Crippen molar-refractivity contribution in [1.29, 1.82) is 0 Å². The zero-order valence-corrected chi connectivity index (χ0v) is 8.51. The van der Waals surface area contributed by atoms with Gasteiger partial charge in [-0.2, -0.15) is 11.3 Å². The maximum absolute atomic E-state index is 9.10. The number of rotatable bonds is 6. The molecule has 3 nitrogen and oxygen atoms in total. The number of methoxy groups -OCH3 is 1. The van der Waals surface area contributed by atoms with Crippen LogP contribution >= 0.6 is 11.3 Å². The Kier molecular flexibility index (Phi) is 5.00. The number of aliphatic hydroxyl groups excluding tert-OH is 1. The highest BCUT2D eigenvalue weighted by Gasteiger charge is 2.08. The van der Waals surface area contributed by atoms with Gasteiger partial charge in [0.2, 0.25) is 0 Å². The van der Waals surface area contributed by atoms with E-state index in [-0.39, 0.29) is 12.6 Å². The smallest absolute Gasteiger partial charge is 0.0626 e. The SMILES string of the molecule is COCCNC(CO)c1ccsc1. The third-order valence-electron chi connectivity index (χ3n) is 1.83. The summed E-state index contributed by atoms with van der Waals surface area (Å²) in [4.78, 5) is 0. The topological polar surface area (TPSA) is 41.5 Å². The van der Waals surface area contributed by atoms with E-state index in [4.69, 9.17) is 9.84 Å². The molecular formula is C9H15NO2S. The molecular weight excluding hydrogens is 186 g/mol. The Hall–Kier alpha value is -0.420. The summed E-state index contributed by atoms with van der Waals surface area (Å²) in [6.07, 6.45) is 0. The van der Waals surface area contributed by atoms with Crippen LogP contribution in [0.2, 0.25) is 0 Å². The van der Waals surface area contributed by atoms with Crippen molar-refractivity contribution in [2.45, 2.75) is 6.04 Å². The van der Waals surface area contributed by atoms with Crippen molar-refractivity contribution in [2.24, 2.45) is 0 Å². The fourth-order valence-electron chi connectivity index (χ4n) is 1.10. The Labute approximate surface area is 82.4 Å². The van der Waals surface area contributed by atoms with E-state index in [9.17, 15) is 0 Å². The summed E-state index contributed by atoms with van der Waals surface area (Å²) < 4.78 is 4.91. The average Bonchev–Trinajstić information content (AvgIpc) is 2.65. The lowest BCUT2D eigenvalue weighted by atomic mass is 10.2. The van der Waals surface area contributed by atoms with Gasteiger partial charge in [0.25, 0.3) is 0 Å². The van der Waals surface area contributed by atoms with E-state index in [2.05, 4.69) is 5.32 Å². The largest absolute Gasteiger partial charge is 0.394 e. The van der Waals surface area contributed by atoms with Crippen LogP contribution in [-0.2, 0) is 4.74 Å². The molecule has 0 spiro atoms. The van der Waals surface area contributed by atoms with Crippen molar-refractivity contribution in [2.75, 3.05) is 26.9 Å². The second kappa shape index (κ2) is 6.10. The van der Waals surface area contributed by atoms with Crippen molar-refractivity contribution >= 4 is 11.3 Å². The van der Waals surface area contributed by atoms with Crippen LogP contribution in [0.3, 0.4) is 0 Å². The van der Waals surface area contributed by atoms with E-state index < -0.39 is 0 Å². The third kappa shape index (κ3) is 3.44. The highest BCUT2D eigenvalue weighted by Crippen LogP contribution is 2.15. The van der Waals surface area contributed by atoms with Crippen LogP contribution in [0.4, 0.5) is 0 Å². The quantitative estimate of drug-likeness (QED) is 0.675. The molecule has 1 rings (SSSR count). The van der Waals surface area contributed by atoms with Gasteiger partial charge in [-0.3, -0.25) is 0 Å². The molecule has 1 aromatic rings. The van der Waals surface area contributed by atoms with Crippen molar-refractivity contribution in [3.05, 3.63) is 22.4 Å². The van der Waals surface area contributed by atoms with Crippen LogP contribution in [0, 0.1) is 0 Å². The average molecular weight is 201 g/mol. The summed E-state index contributed by atoms with van der Waals surface area (Å²) >= 11 is 1.64. The van der Waals surface area contributed by atoms with Gasteiger partial charge in [-0.15, -0.1) is 0 Å². The molecule has 0 radical (unpaired) electrons. The molecule has 0 aliphatic carbocycles. The molecule has 74 valence electrons. The first-order valence-electron chi connectivity index (χ1n) is 4.23. The van der Waals surface area contributed by atoms with Gasteiger partial charge in [-0.05, 0) is 22.4 Å². The van der Waals surface area contributed by atoms with Crippen LogP contribution in [0.1, 0.15) is 11.6 Å². The molecule has 0 aliphatic heterocycles. The Balaban J connectivity index is 2.35. The Morgan fingerprint density at radius 2 is 2.54 bits per heavy atom. The Morgan fingerprint density at radius 1 is 1.69 bits per heavy atom. The van der Waals surface area contributed by atoms with Gasteiger partial charge in [0, 0.05) is 13.7 Å². The van der Waals surface area contributed by atoms with Gasteiger partial charge < -0.3 is 15.2 Å². The molecule has 4 heteroatoms. The lowest BCUT2D eigenvalue weighted by Crippen LogP contribution is -2.27. The lowest BCUT2D eigenvalue weighted by molar-refractivity contribution is 0.184. The van der Waals surface area contributed by atoms with Crippen molar-refractivity contribution in [3.8, 4) is 0 Å². The number of nitrogens with one attached hydrogen (secondary N) is 1. The summed E-state index contributed by atoms with van der Waals surface area (Å²) in [6, 6.07) is 2.06. The minimum Gasteiger partial charge on any atom is -0.394 e. The highest BCUT2D eigenvalue weighted by atomic mass is 32.1. The van der Waals surface area contributed by atoms with Gasteiger partial charge in [0.15, 0.2) is 0 Å². The maximum atomic E-state index is 9.10. The molecule has 0 saturated carbocycles. The fourth-order valence-corrected chi connectivity index (χ4v) is 1.81. The minimum absolute atomic E-state index is 0.0430. The standard InChI is InChI=1S/C9H15NO2S/c1-12-4-3-10-9(6-11)8-2-5-13-7-8/h2,5,7,9-11H,3-4,6H2,1H3. The molecule has 0 amide bonds. The number of thiophene rings is 1. The summed E-state index contributed by atoms with van der Waals surface area (Å²) in [5.41, 5.74) is 1.14. The molecule has 0 bridgehead atoms. The molecule has 1 heterocycles. The first-order chi connectivity index (χ1) is 6.38. The highest BCUT2D eigenvalue weighted by molar-refractivity contribution is 7.07. The van der Waals surface area contributed by atoms with Gasteiger partial charge in [0.1, 0.15) is 0 Å². The summed E-state index contributed by atoms with van der Waals surface area (Å²) in [7, 11) is 1.67. The molecule has 0 fully saturated rings. The van der Waals surface area contributed by atoms with Gasteiger partial charge >= 0.3 is 0 Å². The molecule has 1 atom stereocenters. The van der Waals surface area contributed by atoms with Crippen LogP contribution in [-0.4, -0.2) is 32.0 Å². The molecule has 2 N–H and O–H groups in total. The van der Waals surface area contributed by atoms with E-state index >= 15 is 0 Å². The minimum atomic E-state index is 0.0430. The van der Waals surface area contributed by atoms with E-state index in [1.807, 2.05) is 16.8 Å². The van der Waals surface area contributed by atoms with Crippen molar-refractivity contribution < 1.29 is 9.84 Å². The number of hydrogen-bond acceptors (Lipinski definition) is 4. The van der Waals surface area contributed by atoms with E-state index in [1.165, 1.54) is 0 Å². The third-order valence-corrected chi connectivity index (χ3v) is 2.53. The van der Waals surface area contributed by atoms with E-state index in [1.54, 1.807) is 18.4 Å².